The van der Waals surface area contributed by atoms with Crippen LogP contribution in [0.2, 0.25) is 0 Å². The third kappa shape index (κ3) is 4.71. The fraction of sp³-hybridized carbons (Fsp3) is 0.400. The molecule has 196 valence electrons. The van der Waals surface area contributed by atoms with Crippen LogP contribution in [0.25, 0.3) is 16.8 Å². The number of aromatic nitrogens is 5. The van der Waals surface area contributed by atoms with E-state index in [-0.39, 0.29) is 17.4 Å². The van der Waals surface area contributed by atoms with Crippen LogP contribution in [0.15, 0.2) is 54.9 Å². The molecule has 0 aliphatic heterocycles. The van der Waals surface area contributed by atoms with Gasteiger partial charge in [-0.15, -0.1) is 5.10 Å². The minimum absolute atomic E-state index is 0.0298. The second-order valence-corrected chi connectivity index (χ2v) is 10.7. The maximum Gasteiger partial charge on any atom is 0.339 e. The fourth-order valence-corrected chi connectivity index (χ4v) is 5.89. The molecule has 2 aliphatic rings. The van der Waals surface area contributed by atoms with Crippen LogP contribution in [0.5, 0.6) is 5.75 Å². The Hall–Kier alpha value is -3.94. The van der Waals surface area contributed by atoms with Crippen molar-refractivity contribution >= 4 is 5.97 Å². The average Bonchev–Trinajstić information content (AvgIpc) is 3.37. The first kappa shape index (κ1) is 24.4. The van der Waals surface area contributed by atoms with E-state index in [1.807, 2.05) is 31.4 Å². The van der Waals surface area contributed by atoms with Crippen molar-refractivity contribution in [2.24, 2.45) is 13.0 Å². The second-order valence-electron chi connectivity index (χ2n) is 10.7. The van der Waals surface area contributed by atoms with E-state index in [0.29, 0.717) is 11.6 Å². The van der Waals surface area contributed by atoms with Crippen LogP contribution in [0.3, 0.4) is 0 Å². The van der Waals surface area contributed by atoms with Gasteiger partial charge in [0.1, 0.15) is 11.3 Å². The summed E-state index contributed by atoms with van der Waals surface area (Å²) in [6.07, 6.45) is 10.6. The quantitative estimate of drug-likeness (QED) is 0.316. The number of hydrogen-bond acceptors (Lipinski definition) is 5. The Bertz CT molecular complexity index is 1470. The van der Waals surface area contributed by atoms with E-state index in [2.05, 4.69) is 46.6 Å². The van der Waals surface area contributed by atoms with Gasteiger partial charge in [-0.1, -0.05) is 48.7 Å². The first-order valence-electron chi connectivity index (χ1n) is 13.5. The molecular formula is C30H33N5O3. The van der Waals surface area contributed by atoms with Crippen molar-refractivity contribution < 1.29 is 14.6 Å². The van der Waals surface area contributed by atoms with Crippen molar-refractivity contribution in [2.75, 3.05) is 6.61 Å². The molecule has 38 heavy (non-hydrogen) atoms. The zero-order chi connectivity index (χ0) is 26.2. The van der Waals surface area contributed by atoms with Crippen LogP contribution in [-0.4, -0.2) is 42.5 Å². The molecule has 2 heterocycles. The first-order chi connectivity index (χ1) is 18.5. The standard InChI is InChI=1S/C30H33N5O3/c1-19-23(12-7-13-28(19)38-18-20-8-4-3-5-9-20)21-10-6-11-22(14-21)35-29(26(16-31-35)30(36)37)25-15-24(25)27-17-34(2)33-32-27/h6-7,10-14,16-17,20,24-25H,3-5,8-9,15,18H2,1-2H3,(H,36,37)/t24-,25-/m0/s1. The Morgan fingerprint density at radius 1 is 1.11 bits per heavy atom. The molecule has 4 aromatic rings. The van der Waals surface area contributed by atoms with E-state index in [1.165, 1.54) is 38.3 Å². The highest BCUT2D eigenvalue weighted by Gasteiger charge is 2.46. The SMILES string of the molecule is Cc1c(OCC2CCCCC2)cccc1-c1cccc(-n2ncc(C(=O)O)c2[C@H]2C[C@@H]2c2cn(C)nn2)c1. The van der Waals surface area contributed by atoms with Crippen molar-refractivity contribution in [1.82, 2.24) is 24.8 Å². The van der Waals surface area contributed by atoms with Crippen LogP contribution in [0, 0.1) is 12.8 Å². The summed E-state index contributed by atoms with van der Waals surface area (Å²) in [4.78, 5) is 12.1. The summed E-state index contributed by atoms with van der Waals surface area (Å²) >= 11 is 0. The molecule has 6 rings (SSSR count). The summed E-state index contributed by atoms with van der Waals surface area (Å²) < 4.78 is 9.77. The van der Waals surface area contributed by atoms with Crippen LogP contribution in [-0.2, 0) is 7.05 Å². The number of benzene rings is 2. The minimum Gasteiger partial charge on any atom is -0.493 e. The summed E-state index contributed by atoms with van der Waals surface area (Å²) in [6, 6.07) is 14.3. The van der Waals surface area contributed by atoms with Gasteiger partial charge in [0, 0.05) is 25.1 Å². The molecule has 0 unspecified atom stereocenters. The van der Waals surface area contributed by atoms with E-state index in [0.717, 1.165) is 46.8 Å². The molecule has 0 amide bonds. The van der Waals surface area contributed by atoms with E-state index < -0.39 is 5.97 Å². The number of carboxylic acids is 1. The molecule has 0 saturated heterocycles. The normalized spacial score (nSPS) is 19.4. The molecule has 2 saturated carbocycles. The van der Waals surface area contributed by atoms with Gasteiger partial charge in [-0.25, -0.2) is 9.48 Å². The number of rotatable bonds is 8. The van der Waals surface area contributed by atoms with Crippen molar-refractivity contribution in [1.29, 1.82) is 0 Å². The largest absolute Gasteiger partial charge is 0.493 e. The van der Waals surface area contributed by atoms with Crippen molar-refractivity contribution in [3.63, 3.8) is 0 Å². The fourth-order valence-electron chi connectivity index (χ4n) is 5.89. The smallest absolute Gasteiger partial charge is 0.339 e. The maximum atomic E-state index is 12.1. The molecule has 8 heteroatoms. The highest BCUT2D eigenvalue weighted by molar-refractivity contribution is 5.89. The molecular weight excluding hydrogens is 478 g/mol. The molecule has 2 fully saturated rings. The van der Waals surface area contributed by atoms with Gasteiger partial charge in [-0.3, -0.25) is 4.68 Å². The predicted molar refractivity (Wildman–Crippen MR) is 144 cm³/mol. The average molecular weight is 512 g/mol. The molecule has 2 aromatic carbocycles. The Labute approximate surface area is 222 Å². The van der Waals surface area contributed by atoms with Crippen LogP contribution < -0.4 is 4.74 Å². The van der Waals surface area contributed by atoms with Crippen molar-refractivity contribution in [2.45, 2.75) is 57.3 Å². The summed E-state index contributed by atoms with van der Waals surface area (Å²) in [6.45, 7) is 2.88. The lowest BCUT2D eigenvalue weighted by Gasteiger charge is -2.22. The molecule has 2 atom stereocenters. The van der Waals surface area contributed by atoms with Gasteiger partial charge >= 0.3 is 5.97 Å². The Morgan fingerprint density at radius 3 is 2.68 bits per heavy atom. The molecule has 0 radical (unpaired) electrons. The van der Waals surface area contributed by atoms with E-state index in [4.69, 9.17) is 4.74 Å². The van der Waals surface area contributed by atoms with Gasteiger partial charge in [-0.2, -0.15) is 5.10 Å². The van der Waals surface area contributed by atoms with E-state index in [9.17, 15) is 9.90 Å². The van der Waals surface area contributed by atoms with E-state index >= 15 is 0 Å². The van der Waals surface area contributed by atoms with Crippen LogP contribution >= 0.6 is 0 Å². The molecule has 1 N–H and O–H groups in total. The Morgan fingerprint density at radius 2 is 1.92 bits per heavy atom. The number of aromatic carboxylic acids is 1. The zero-order valence-corrected chi connectivity index (χ0v) is 21.9. The number of ether oxygens (including phenoxy) is 1. The Kier molecular flexibility index (Phi) is 6.47. The molecule has 8 nitrogen and oxygen atoms in total. The maximum absolute atomic E-state index is 12.1. The van der Waals surface area contributed by atoms with Gasteiger partial charge in [-0.05, 0) is 67.0 Å². The number of carbonyl (C=O) groups is 1. The lowest BCUT2D eigenvalue weighted by molar-refractivity contribution is 0.0695. The molecule has 0 spiro atoms. The molecule has 2 aliphatic carbocycles. The molecule has 0 bridgehead atoms. The first-order valence-corrected chi connectivity index (χ1v) is 13.5. The summed E-state index contributed by atoms with van der Waals surface area (Å²) in [5.74, 6) is 0.773. The summed E-state index contributed by atoms with van der Waals surface area (Å²) in [5.41, 5.74) is 5.93. The van der Waals surface area contributed by atoms with Gasteiger partial charge < -0.3 is 9.84 Å². The number of carboxylic acid groups (broad SMARTS) is 1. The third-order valence-corrected chi connectivity index (χ3v) is 8.06. The number of nitrogens with zero attached hydrogens (tertiary/aromatic N) is 5. The van der Waals surface area contributed by atoms with E-state index in [1.54, 1.807) is 9.36 Å². The minimum atomic E-state index is -0.967. The topological polar surface area (TPSA) is 95.1 Å². The van der Waals surface area contributed by atoms with Gasteiger partial charge in [0.15, 0.2) is 0 Å². The van der Waals surface area contributed by atoms with Gasteiger partial charge in [0.2, 0.25) is 0 Å². The highest BCUT2D eigenvalue weighted by atomic mass is 16.5. The summed E-state index contributed by atoms with van der Waals surface area (Å²) in [5, 5.41) is 22.7. The number of hydrogen-bond donors (Lipinski definition) is 1. The zero-order valence-electron chi connectivity index (χ0n) is 21.9. The second kappa shape index (κ2) is 10.1. The lowest BCUT2D eigenvalue weighted by Crippen LogP contribution is -2.15. The Balaban J connectivity index is 1.30. The van der Waals surface area contributed by atoms with Crippen molar-refractivity contribution in [3.8, 4) is 22.6 Å². The predicted octanol–water partition coefficient (Wildman–Crippen LogP) is 5.90. The number of aryl methyl sites for hydroxylation is 1. The van der Waals surface area contributed by atoms with Crippen LogP contribution in [0.4, 0.5) is 0 Å². The van der Waals surface area contributed by atoms with Crippen molar-refractivity contribution in [3.05, 3.63) is 77.4 Å². The summed E-state index contributed by atoms with van der Waals surface area (Å²) in [7, 11) is 1.84. The third-order valence-electron chi connectivity index (χ3n) is 8.06. The van der Waals surface area contributed by atoms with Gasteiger partial charge in [0.05, 0.1) is 29.9 Å². The van der Waals surface area contributed by atoms with Gasteiger partial charge in [0.25, 0.3) is 0 Å². The highest BCUT2D eigenvalue weighted by Crippen LogP contribution is 2.55. The molecule has 2 aromatic heterocycles. The van der Waals surface area contributed by atoms with Crippen LogP contribution in [0.1, 0.15) is 77.7 Å². The monoisotopic (exact) mass is 511 g/mol. The lowest BCUT2D eigenvalue weighted by atomic mass is 9.90.